The molecule has 25 heavy (non-hydrogen) atoms. The number of unbranched alkanes of at least 4 members (excludes halogenated alkanes) is 1. The fraction of sp³-hybridized carbons (Fsp3) is 0.524. The van der Waals surface area contributed by atoms with Gasteiger partial charge in [-0.3, -0.25) is 9.59 Å². The highest BCUT2D eigenvalue weighted by atomic mass is 16.5. The van der Waals surface area contributed by atoms with Crippen molar-refractivity contribution in [2.24, 2.45) is 5.92 Å². The van der Waals surface area contributed by atoms with Crippen molar-refractivity contribution in [3.05, 3.63) is 36.0 Å². The Hall–Kier alpha value is -2.12. The highest BCUT2D eigenvalue weighted by molar-refractivity contribution is 6.07. The lowest BCUT2D eigenvalue weighted by molar-refractivity contribution is -0.140. The summed E-state index contributed by atoms with van der Waals surface area (Å²) in [6.07, 6.45) is 13.1. The molecule has 136 valence electrons. The normalized spacial score (nSPS) is 19.2. The molecule has 0 aromatic rings. The number of ketones is 1. The first kappa shape index (κ1) is 20.9. The van der Waals surface area contributed by atoms with Crippen molar-refractivity contribution in [1.29, 1.82) is 0 Å². The first-order chi connectivity index (χ1) is 12.1. The summed E-state index contributed by atoms with van der Waals surface area (Å²) in [5, 5.41) is 9.95. The summed E-state index contributed by atoms with van der Waals surface area (Å²) in [7, 11) is 1.38. The van der Waals surface area contributed by atoms with E-state index in [2.05, 4.69) is 23.5 Å². The maximum absolute atomic E-state index is 12.0. The lowest BCUT2D eigenvalue weighted by Crippen LogP contribution is -2.07. The molecular formula is C21H28O4. The Morgan fingerprint density at radius 3 is 2.88 bits per heavy atom. The van der Waals surface area contributed by atoms with E-state index in [-0.39, 0.29) is 17.7 Å². The van der Waals surface area contributed by atoms with Gasteiger partial charge in [-0.15, -0.1) is 11.8 Å². The fourth-order valence-corrected chi connectivity index (χ4v) is 2.49. The Labute approximate surface area is 150 Å². The molecule has 4 heteroatoms. The highest BCUT2D eigenvalue weighted by Gasteiger charge is 2.22. The average molecular weight is 344 g/mol. The highest BCUT2D eigenvalue weighted by Crippen LogP contribution is 2.25. The quantitative estimate of drug-likeness (QED) is 0.229. The van der Waals surface area contributed by atoms with Crippen LogP contribution in [0.15, 0.2) is 36.0 Å². The Morgan fingerprint density at radius 1 is 1.36 bits per heavy atom. The third-order valence-electron chi connectivity index (χ3n) is 3.94. The van der Waals surface area contributed by atoms with Gasteiger partial charge in [0.15, 0.2) is 5.78 Å². The minimum absolute atomic E-state index is 0.000934. The molecule has 0 spiro atoms. The summed E-state index contributed by atoms with van der Waals surface area (Å²) >= 11 is 0. The van der Waals surface area contributed by atoms with Gasteiger partial charge in [-0.05, 0) is 31.8 Å². The summed E-state index contributed by atoms with van der Waals surface area (Å²) in [5.74, 6) is 5.91. The molecule has 2 atom stereocenters. The predicted octanol–water partition coefficient (Wildman–Crippen LogP) is 3.51. The topological polar surface area (TPSA) is 63.6 Å². The van der Waals surface area contributed by atoms with Crippen LogP contribution < -0.4 is 0 Å². The van der Waals surface area contributed by atoms with Crippen LogP contribution in [0.5, 0.6) is 0 Å². The van der Waals surface area contributed by atoms with Gasteiger partial charge in [-0.1, -0.05) is 31.2 Å². The Kier molecular flexibility index (Phi) is 10.3. The summed E-state index contributed by atoms with van der Waals surface area (Å²) < 4.78 is 4.58. The van der Waals surface area contributed by atoms with Crippen LogP contribution >= 0.6 is 0 Å². The molecule has 0 aromatic heterocycles. The zero-order valence-electron chi connectivity index (χ0n) is 15.2. The van der Waals surface area contributed by atoms with Gasteiger partial charge in [0.2, 0.25) is 0 Å². The van der Waals surface area contributed by atoms with Crippen LogP contribution in [0.1, 0.15) is 51.9 Å². The molecule has 2 unspecified atom stereocenters. The molecule has 0 heterocycles. The molecule has 1 rings (SSSR count). The van der Waals surface area contributed by atoms with Crippen LogP contribution in [0.25, 0.3) is 0 Å². The molecule has 1 N–H and O–H groups in total. The van der Waals surface area contributed by atoms with E-state index in [1.54, 1.807) is 6.08 Å². The number of hydrogen-bond donors (Lipinski definition) is 1. The van der Waals surface area contributed by atoms with Crippen molar-refractivity contribution in [3.8, 4) is 11.8 Å². The molecule has 1 aliphatic rings. The monoisotopic (exact) mass is 344 g/mol. The number of allylic oxidation sites excluding steroid dienone is 4. The second kappa shape index (κ2) is 12.3. The van der Waals surface area contributed by atoms with Crippen LogP contribution in [0.4, 0.5) is 0 Å². The molecule has 0 saturated carbocycles. The van der Waals surface area contributed by atoms with Gasteiger partial charge >= 0.3 is 5.97 Å². The van der Waals surface area contributed by atoms with Crippen LogP contribution in [0.3, 0.4) is 0 Å². The molecule has 0 saturated heterocycles. The van der Waals surface area contributed by atoms with E-state index in [0.717, 1.165) is 12.0 Å². The molecule has 0 radical (unpaired) electrons. The zero-order chi connectivity index (χ0) is 18.5. The smallest absolute Gasteiger partial charge is 0.305 e. The van der Waals surface area contributed by atoms with Crippen LogP contribution in [-0.4, -0.2) is 30.1 Å². The van der Waals surface area contributed by atoms with Crippen LogP contribution in [0.2, 0.25) is 0 Å². The maximum Gasteiger partial charge on any atom is 0.305 e. The Balaban J connectivity index is 2.44. The molecule has 0 aromatic carbocycles. The Morgan fingerprint density at radius 2 is 2.16 bits per heavy atom. The van der Waals surface area contributed by atoms with Crippen molar-refractivity contribution in [2.45, 2.75) is 58.0 Å². The van der Waals surface area contributed by atoms with E-state index in [9.17, 15) is 14.7 Å². The molecule has 4 nitrogen and oxygen atoms in total. The van der Waals surface area contributed by atoms with E-state index in [1.165, 1.54) is 7.11 Å². The molecule has 0 amide bonds. The largest absolute Gasteiger partial charge is 0.469 e. The first-order valence-electron chi connectivity index (χ1n) is 8.86. The molecule has 0 aliphatic heterocycles. The van der Waals surface area contributed by atoms with E-state index in [4.69, 9.17) is 0 Å². The van der Waals surface area contributed by atoms with E-state index in [0.29, 0.717) is 38.5 Å². The zero-order valence-corrected chi connectivity index (χ0v) is 15.2. The predicted molar refractivity (Wildman–Crippen MR) is 98.7 cm³/mol. The SMILES string of the molecule is CC/C=C\CC(O)C/C=C1/C(=O)C=CC1CC#CCCCC(=O)OC. The van der Waals surface area contributed by atoms with Gasteiger partial charge in [0, 0.05) is 30.8 Å². The third kappa shape index (κ3) is 8.51. The number of carbonyl (C=O) groups is 2. The number of ether oxygens (including phenoxy) is 1. The lowest BCUT2D eigenvalue weighted by atomic mass is 9.96. The Bertz CT molecular complexity index is 587. The van der Waals surface area contributed by atoms with Gasteiger partial charge in [0.25, 0.3) is 0 Å². The van der Waals surface area contributed by atoms with Crippen molar-refractivity contribution in [1.82, 2.24) is 0 Å². The average Bonchev–Trinajstić information content (AvgIpc) is 2.96. The number of aliphatic hydroxyl groups excluding tert-OH is 1. The first-order valence-corrected chi connectivity index (χ1v) is 8.86. The molecule has 0 bridgehead atoms. The lowest BCUT2D eigenvalue weighted by Gasteiger charge is -2.09. The van der Waals surface area contributed by atoms with Crippen LogP contribution in [-0.2, 0) is 14.3 Å². The maximum atomic E-state index is 12.0. The summed E-state index contributed by atoms with van der Waals surface area (Å²) in [6, 6.07) is 0. The van der Waals surface area contributed by atoms with Gasteiger partial charge in [-0.25, -0.2) is 0 Å². The van der Waals surface area contributed by atoms with Crippen LogP contribution in [0, 0.1) is 17.8 Å². The van der Waals surface area contributed by atoms with E-state index in [1.807, 2.05) is 24.3 Å². The van der Waals surface area contributed by atoms with E-state index < -0.39 is 6.10 Å². The minimum atomic E-state index is -0.464. The van der Waals surface area contributed by atoms with Crippen molar-refractivity contribution >= 4 is 11.8 Å². The minimum Gasteiger partial charge on any atom is -0.469 e. The summed E-state index contributed by atoms with van der Waals surface area (Å²) in [6.45, 7) is 2.05. The standard InChI is InChI=1S/C21H28O4/c1-3-4-7-11-18(22)14-15-19-17(13-16-20(19)23)10-8-5-6-9-12-21(24)25-2/h4,7,13,15-18,22H,3,6,9-12,14H2,1-2H3/b7-4-,19-15+. The number of methoxy groups -OCH3 is 1. The van der Waals surface area contributed by atoms with Gasteiger partial charge < -0.3 is 9.84 Å². The van der Waals surface area contributed by atoms with Crippen molar-refractivity contribution in [2.75, 3.05) is 7.11 Å². The summed E-state index contributed by atoms with van der Waals surface area (Å²) in [4.78, 5) is 22.9. The third-order valence-corrected chi connectivity index (χ3v) is 3.94. The molecule has 1 aliphatic carbocycles. The van der Waals surface area contributed by atoms with E-state index >= 15 is 0 Å². The molecular weight excluding hydrogens is 316 g/mol. The number of carbonyl (C=O) groups excluding carboxylic acids is 2. The van der Waals surface area contributed by atoms with Gasteiger partial charge in [-0.2, -0.15) is 0 Å². The fourth-order valence-electron chi connectivity index (χ4n) is 2.49. The second-order valence-electron chi connectivity index (χ2n) is 5.98. The van der Waals surface area contributed by atoms with Crippen molar-refractivity contribution < 1.29 is 19.4 Å². The molecule has 0 fully saturated rings. The second-order valence-corrected chi connectivity index (χ2v) is 5.98. The number of hydrogen-bond acceptors (Lipinski definition) is 4. The van der Waals surface area contributed by atoms with Crippen molar-refractivity contribution in [3.63, 3.8) is 0 Å². The number of esters is 1. The summed E-state index contributed by atoms with van der Waals surface area (Å²) in [5.41, 5.74) is 0.724. The van der Waals surface area contributed by atoms with Gasteiger partial charge in [0.1, 0.15) is 0 Å². The number of rotatable bonds is 9. The van der Waals surface area contributed by atoms with Gasteiger partial charge in [0.05, 0.1) is 13.2 Å². The number of aliphatic hydroxyl groups is 1.